The van der Waals surface area contributed by atoms with Crippen LogP contribution in [0, 0.1) is 11.3 Å². The molecule has 0 aliphatic carbocycles. The molecule has 3 heterocycles. The number of amides is 1. The number of aromatic nitrogens is 2. The average Bonchev–Trinajstić information content (AvgIpc) is 3.08. The Kier molecular flexibility index (Phi) is 3.94. The van der Waals surface area contributed by atoms with Crippen LogP contribution in [0.5, 0.6) is 0 Å². The van der Waals surface area contributed by atoms with E-state index >= 15 is 0 Å². The second-order valence-corrected chi connectivity index (χ2v) is 5.90. The van der Waals surface area contributed by atoms with Crippen molar-refractivity contribution in [1.82, 2.24) is 14.9 Å². The van der Waals surface area contributed by atoms with Crippen molar-refractivity contribution < 1.29 is 9.90 Å². The van der Waals surface area contributed by atoms with Crippen molar-refractivity contribution in [3.8, 4) is 6.07 Å². The Balaban J connectivity index is 1.81. The second kappa shape index (κ2) is 5.89. The molecule has 1 amide bonds. The van der Waals surface area contributed by atoms with E-state index in [-0.39, 0.29) is 18.1 Å². The number of carbonyl (C=O) groups excluding carboxylic acids is 1. The van der Waals surface area contributed by atoms with Crippen molar-refractivity contribution in [3.63, 3.8) is 0 Å². The highest BCUT2D eigenvalue weighted by Crippen LogP contribution is 2.28. The number of aliphatic hydroxyl groups is 1. The van der Waals surface area contributed by atoms with Gasteiger partial charge in [-0.05, 0) is 25.7 Å². The van der Waals surface area contributed by atoms with Crippen LogP contribution in [0.25, 0.3) is 0 Å². The van der Waals surface area contributed by atoms with Gasteiger partial charge in [-0.25, -0.2) is 9.97 Å². The first-order chi connectivity index (χ1) is 10.6. The van der Waals surface area contributed by atoms with Gasteiger partial charge in [0.15, 0.2) is 17.1 Å². The van der Waals surface area contributed by atoms with E-state index in [1.807, 2.05) is 6.07 Å². The zero-order valence-corrected chi connectivity index (χ0v) is 12.4. The van der Waals surface area contributed by atoms with E-state index in [1.165, 1.54) is 12.4 Å². The van der Waals surface area contributed by atoms with Crippen LogP contribution in [0.3, 0.4) is 0 Å². The van der Waals surface area contributed by atoms with Gasteiger partial charge in [-0.1, -0.05) is 0 Å². The number of nitriles is 1. The summed E-state index contributed by atoms with van der Waals surface area (Å²) >= 11 is 0. The molecule has 3 rings (SSSR count). The molecule has 0 saturated carbocycles. The molecule has 2 fully saturated rings. The normalized spacial score (nSPS) is 25.1. The minimum atomic E-state index is -1.40. The minimum absolute atomic E-state index is 0.162. The maximum Gasteiger partial charge on any atom is 0.256 e. The monoisotopic (exact) mass is 301 g/mol. The van der Waals surface area contributed by atoms with Crippen molar-refractivity contribution in [2.75, 3.05) is 31.1 Å². The molecule has 2 saturated heterocycles. The zero-order valence-electron chi connectivity index (χ0n) is 12.4. The zero-order chi connectivity index (χ0) is 15.6. The number of β-amino-alcohol motifs (C(OH)–C–C–N with tert-alkyl or cyclic N) is 1. The highest BCUT2D eigenvalue weighted by molar-refractivity contribution is 5.86. The van der Waals surface area contributed by atoms with Crippen LogP contribution in [-0.4, -0.2) is 57.7 Å². The van der Waals surface area contributed by atoms with Gasteiger partial charge in [-0.2, -0.15) is 5.26 Å². The molecule has 2 aliphatic rings. The number of hydrogen-bond donors (Lipinski definition) is 1. The maximum atomic E-state index is 12.6. The molecule has 2 aliphatic heterocycles. The number of nitrogens with zero attached hydrogens (tertiary/aromatic N) is 5. The summed E-state index contributed by atoms with van der Waals surface area (Å²) in [5.41, 5.74) is -1.17. The van der Waals surface area contributed by atoms with Gasteiger partial charge in [-0.3, -0.25) is 4.79 Å². The molecule has 1 N–H and O–H groups in total. The summed E-state index contributed by atoms with van der Waals surface area (Å²) in [6.45, 7) is 2.25. The number of hydrogen-bond acceptors (Lipinski definition) is 6. The fourth-order valence-electron chi connectivity index (χ4n) is 3.25. The van der Waals surface area contributed by atoms with Gasteiger partial charge in [0.05, 0.1) is 6.54 Å². The lowest BCUT2D eigenvalue weighted by atomic mass is 9.91. The Morgan fingerprint density at radius 1 is 1.23 bits per heavy atom. The van der Waals surface area contributed by atoms with Crippen LogP contribution >= 0.6 is 0 Å². The van der Waals surface area contributed by atoms with E-state index in [2.05, 4.69) is 9.97 Å². The van der Waals surface area contributed by atoms with Crippen LogP contribution < -0.4 is 4.90 Å². The van der Waals surface area contributed by atoms with E-state index in [9.17, 15) is 9.90 Å². The third kappa shape index (κ3) is 2.62. The number of carbonyl (C=O) groups is 1. The summed E-state index contributed by atoms with van der Waals surface area (Å²) in [5, 5.41) is 20.0. The summed E-state index contributed by atoms with van der Waals surface area (Å²) in [7, 11) is 0. The van der Waals surface area contributed by atoms with Crippen molar-refractivity contribution >= 4 is 11.7 Å². The van der Waals surface area contributed by atoms with Gasteiger partial charge in [-0.15, -0.1) is 0 Å². The molecule has 1 aromatic rings. The van der Waals surface area contributed by atoms with E-state index in [1.54, 1.807) is 9.80 Å². The van der Waals surface area contributed by atoms with E-state index in [4.69, 9.17) is 5.26 Å². The van der Waals surface area contributed by atoms with Gasteiger partial charge >= 0.3 is 0 Å². The highest BCUT2D eigenvalue weighted by atomic mass is 16.3. The molecule has 1 aromatic heterocycles. The second-order valence-electron chi connectivity index (χ2n) is 5.90. The first-order valence-electron chi connectivity index (χ1n) is 7.62. The number of rotatable bonds is 2. The first-order valence-corrected chi connectivity index (χ1v) is 7.62. The van der Waals surface area contributed by atoms with Crippen molar-refractivity contribution in [3.05, 3.63) is 18.1 Å². The Bertz CT molecular complexity index is 608. The summed E-state index contributed by atoms with van der Waals surface area (Å²) in [4.78, 5) is 24.3. The Hall–Kier alpha value is -2.20. The summed E-state index contributed by atoms with van der Waals surface area (Å²) in [6.07, 6.45) is 6.10. The number of likely N-dealkylation sites (tertiary alicyclic amines) is 1. The molecule has 22 heavy (non-hydrogen) atoms. The third-order valence-electron chi connectivity index (χ3n) is 4.35. The summed E-state index contributed by atoms with van der Waals surface area (Å²) < 4.78 is 0. The summed E-state index contributed by atoms with van der Waals surface area (Å²) in [6, 6.07) is 2.01. The summed E-state index contributed by atoms with van der Waals surface area (Å²) in [5.74, 6) is 0.245. The lowest BCUT2D eigenvalue weighted by molar-refractivity contribution is -0.151. The van der Waals surface area contributed by atoms with E-state index in [0.717, 1.165) is 25.9 Å². The Morgan fingerprint density at radius 2 is 1.95 bits per heavy atom. The fraction of sp³-hybridized carbons (Fsp3) is 0.600. The van der Waals surface area contributed by atoms with Gasteiger partial charge in [0.2, 0.25) is 0 Å². The van der Waals surface area contributed by atoms with E-state index in [0.29, 0.717) is 25.2 Å². The average molecular weight is 301 g/mol. The molecule has 0 bridgehead atoms. The molecule has 116 valence electrons. The minimum Gasteiger partial charge on any atom is -0.378 e. The molecule has 0 radical (unpaired) electrons. The molecule has 0 aromatic carbocycles. The van der Waals surface area contributed by atoms with Crippen molar-refractivity contribution in [2.24, 2.45) is 0 Å². The van der Waals surface area contributed by atoms with Gasteiger partial charge in [0.1, 0.15) is 6.07 Å². The van der Waals surface area contributed by atoms with Crippen molar-refractivity contribution in [1.29, 1.82) is 5.26 Å². The van der Waals surface area contributed by atoms with Crippen LogP contribution in [0.2, 0.25) is 0 Å². The SMILES string of the molecule is N#Cc1nccnc1N1CCCC(O)(C(=O)N2CCCC2)C1. The van der Waals surface area contributed by atoms with Gasteiger partial charge in [0, 0.05) is 32.0 Å². The molecule has 1 unspecified atom stereocenters. The predicted octanol–water partition coefficient (Wildman–Crippen LogP) is 0.302. The molecular formula is C15H19N5O2. The van der Waals surface area contributed by atoms with Crippen LogP contribution in [0.4, 0.5) is 5.82 Å². The quantitative estimate of drug-likeness (QED) is 0.844. The van der Waals surface area contributed by atoms with Gasteiger partial charge in [0.25, 0.3) is 5.91 Å². The predicted molar refractivity (Wildman–Crippen MR) is 79.0 cm³/mol. The van der Waals surface area contributed by atoms with Crippen LogP contribution in [0.1, 0.15) is 31.4 Å². The molecule has 1 atom stereocenters. The molecular weight excluding hydrogens is 282 g/mol. The lowest BCUT2D eigenvalue weighted by Gasteiger charge is -2.40. The Labute approximate surface area is 129 Å². The van der Waals surface area contributed by atoms with Crippen molar-refractivity contribution in [2.45, 2.75) is 31.3 Å². The maximum absolute atomic E-state index is 12.6. The molecule has 7 heteroatoms. The fourth-order valence-corrected chi connectivity index (χ4v) is 3.25. The number of anilines is 1. The largest absolute Gasteiger partial charge is 0.378 e. The van der Waals surface area contributed by atoms with Gasteiger partial charge < -0.3 is 14.9 Å². The highest BCUT2D eigenvalue weighted by Gasteiger charge is 2.44. The first kappa shape index (κ1) is 14.7. The van der Waals surface area contributed by atoms with E-state index < -0.39 is 5.60 Å². The molecule has 7 nitrogen and oxygen atoms in total. The topological polar surface area (TPSA) is 93.4 Å². The Morgan fingerprint density at radius 3 is 2.68 bits per heavy atom. The number of piperidine rings is 1. The third-order valence-corrected chi connectivity index (χ3v) is 4.35. The lowest BCUT2D eigenvalue weighted by Crippen LogP contribution is -2.58. The smallest absolute Gasteiger partial charge is 0.256 e. The molecule has 0 spiro atoms. The standard InChI is InChI=1S/C15H19N5O2/c16-10-12-13(18-6-5-17-12)20-9-3-4-15(22,11-20)14(21)19-7-1-2-8-19/h5-6,22H,1-4,7-9,11H2. The van der Waals surface area contributed by atoms with Crippen LogP contribution in [-0.2, 0) is 4.79 Å². The van der Waals surface area contributed by atoms with Crippen LogP contribution in [0.15, 0.2) is 12.4 Å².